The van der Waals surface area contributed by atoms with Crippen molar-refractivity contribution in [2.45, 2.75) is 13.3 Å². The number of nitrogens with zero attached hydrogens (tertiary/aromatic N) is 1. The number of aromatic carboxylic acids is 1. The van der Waals surface area contributed by atoms with Gasteiger partial charge in [0.25, 0.3) is 6.43 Å². The molecule has 0 radical (unpaired) electrons. The number of rotatable bonds is 3. The van der Waals surface area contributed by atoms with Crippen LogP contribution in [0.3, 0.4) is 0 Å². The first-order chi connectivity index (χ1) is 6.97. The normalized spacial score (nSPS) is 10.5. The lowest BCUT2D eigenvalue weighted by Crippen LogP contribution is -2.07. The molecule has 0 spiro atoms. The summed E-state index contributed by atoms with van der Waals surface area (Å²) in [6.07, 6.45) is -2.92. The summed E-state index contributed by atoms with van der Waals surface area (Å²) in [5.41, 5.74) is -1.04. The van der Waals surface area contributed by atoms with Crippen LogP contribution in [0.2, 0.25) is 0 Å². The van der Waals surface area contributed by atoms with Crippen molar-refractivity contribution < 1.29 is 23.4 Å². The van der Waals surface area contributed by atoms with E-state index < -0.39 is 23.7 Å². The highest BCUT2D eigenvalue weighted by molar-refractivity contribution is 5.89. The van der Waals surface area contributed by atoms with E-state index in [0.29, 0.717) is 0 Å². The summed E-state index contributed by atoms with van der Waals surface area (Å²) in [4.78, 5) is 14.2. The number of ether oxygens (including phenoxy) is 1. The van der Waals surface area contributed by atoms with Gasteiger partial charge >= 0.3 is 5.97 Å². The lowest BCUT2D eigenvalue weighted by Gasteiger charge is -2.09. The van der Waals surface area contributed by atoms with Crippen LogP contribution < -0.4 is 4.74 Å². The highest BCUT2D eigenvalue weighted by atomic mass is 19.3. The van der Waals surface area contributed by atoms with Crippen molar-refractivity contribution in [1.82, 2.24) is 4.98 Å². The zero-order valence-electron chi connectivity index (χ0n) is 8.12. The maximum Gasteiger partial charge on any atom is 0.337 e. The van der Waals surface area contributed by atoms with E-state index in [2.05, 4.69) is 4.98 Å². The molecule has 1 aromatic heterocycles. The zero-order valence-corrected chi connectivity index (χ0v) is 8.12. The highest BCUT2D eigenvalue weighted by Crippen LogP contribution is 2.26. The molecule has 1 rings (SSSR count). The Morgan fingerprint density at radius 2 is 2.20 bits per heavy atom. The Kier molecular flexibility index (Phi) is 3.18. The molecule has 0 aliphatic carbocycles. The Balaban J connectivity index is 3.39. The van der Waals surface area contributed by atoms with Crippen LogP contribution in [0.5, 0.6) is 5.75 Å². The van der Waals surface area contributed by atoms with Crippen LogP contribution in [0.15, 0.2) is 6.07 Å². The van der Waals surface area contributed by atoms with Crippen LogP contribution in [0.1, 0.15) is 28.2 Å². The van der Waals surface area contributed by atoms with E-state index in [9.17, 15) is 13.6 Å². The van der Waals surface area contributed by atoms with Crippen molar-refractivity contribution in [2.75, 3.05) is 7.11 Å². The minimum Gasteiger partial charge on any atom is -0.495 e. The van der Waals surface area contributed by atoms with Crippen LogP contribution in [-0.2, 0) is 0 Å². The van der Waals surface area contributed by atoms with Crippen LogP contribution in [-0.4, -0.2) is 23.2 Å². The van der Waals surface area contributed by atoms with Gasteiger partial charge in [-0.1, -0.05) is 0 Å². The summed E-state index contributed by atoms with van der Waals surface area (Å²) >= 11 is 0. The van der Waals surface area contributed by atoms with Gasteiger partial charge in [-0.25, -0.2) is 18.6 Å². The maximum atomic E-state index is 12.4. The average molecular weight is 217 g/mol. The second-order valence-electron chi connectivity index (χ2n) is 2.81. The SMILES string of the molecule is COc1cc(C(=O)O)c(C(F)F)nc1C. The molecule has 0 fully saturated rings. The second kappa shape index (κ2) is 4.20. The molecule has 1 N–H and O–H groups in total. The molecule has 4 nitrogen and oxygen atoms in total. The summed E-state index contributed by atoms with van der Waals surface area (Å²) in [5, 5.41) is 8.70. The molecule has 0 amide bonds. The Bertz CT molecular complexity index is 393. The molecule has 6 heteroatoms. The minimum absolute atomic E-state index is 0.178. The van der Waals surface area contributed by atoms with E-state index in [1.807, 2.05) is 0 Å². The molecule has 0 aliphatic rings. The van der Waals surface area contributed by atoms with Crippen molar-refractivity contribution in [3.05, 3.63) is 23.0 Å². The molecule has 0 saturated heterocycles. The maximum absolute atomic E-state index is 12.4. The monoisotopic (exact) mass is 217 g/mol. The topological polar surface area (TPSA) is 59.4 Å². The predicted octanol–water partition coefficient (Wildman–Crippen LogP) is 2.03. The van der Waals surface area contributed by atoms with Gasteiger partial charge in [-0.3, -0.25) is 0 Å². The molecule has 0 saturated carbocycles. The van der Waals surface area contributed by atoms with Crippen LogP contribution in [0.4, 0.5) is 8.78 Å². The van der Waals surface area contributed by atoms with E-state index in [4.69, 9.17) is 9.84 Å². The first-order valence-electron chi connectivity index (χ1n) is 4.04. The molecule has 0 aliphatic heterocycles. The number of carbonyl (C=O) groups is 1. The van der Waals surface area contributed by atoms with Gasteiger partial charge < -0.3 is 9.84 Å². The van der Waals surface area contributed by atoms with Gasteiger partial charge in [0.15, 0.2) is 0 Å². The number of carboxylic acid groups (broad SMARTS) is 1. The quantitative estimate of drug-likeness (QED) is 0.841. The number of hydrogen-bond donors (Lipinski definition) is 1. The summed E-state index contributed by atoms with van der Waals surface area (Å²) < 4.78 is 29.7. The van der Waals surface area contributed by atoms with Gasteiger partial charge in [0.1, 0.15) is 11.4 Å². The van der Waals surface area contributed by atoms with Gasteiger partial charge in [-0.2, -0.15) is 0 Å². The first-order valence-corrected chi connectivity index (χ1v) is 4.04. The molecule has 15 heavy (non-hydrogen) atoms. The molecule has 1 aromatic rings. The van der Waals surface area contributed by atoms with Gasteiger partial charge in [-0.15, -0.1) is 0 Å². The van der Waals surface area contributed by atoms with Gasteiger partial charge in [0.2, 0.25) is 0 Å². The molecule has 82 valence electrons. The number of alkyl halides is 2. The van der Waals surface area contributed by atoms with E-state index in [-0.39, 0.29) is 11.4 Å². The molecule has 0 aromatic carbocycles. The van der Waals surface area contributed by atoms with Crippen LogP contribution >= 0.6 is 0 Å². The van der Waals surface area contributed by atoms with Gasteiger partial charge in [0.05, 0.1) is 18.4 Å². The molecular formula is C9H9F2NO3. The van der Waals surface area contributed by atoms with Crippen molar-refractivity contribution in [3.63, 3.8) is 0 Å². The predicted molar refractivity (Wildman–Crippen MR) is 47.4 cm³/mol. The minimum atomic E-state index is -2.92. The molecule has 0 atom stereocenters. The van der Waals surface area contributed by atoms with E-state index >= 15 is 0 Å². The number of aromatic nitrogens is 1. The fourth-order valence-electron chi connectivity index (χ4n) is 1.15. The second-order valence-corrected chi connectivity index (χ2v) is 2.81. The number of halogens is 2. The molecule has 0 bridgehead atoms. The number of methoxy groups -OCH3 is 1. The fraction of sp³-hybridized carbons (Fsp3) is 0.333. The smallest absolute Gasteiger partial charge is 0.337 e. The lowest BCUT2D eigenvalue weighted by atomic mass is 10.1. The summed E-state index contributed by atoms with van der Waals surface area (Å²) in [6.45, 7) is 1.47. The Morgan fingerprint density at radius 3 is 2.60 bits per heavy atom. The number of carboxylic acids is 1. The van der Waals surface area contributed by atoms with E-state index in [1.165, 1.54) is 14.0 Å². The highest BCUT2D eigenvalue weighted by Gasteiger charge is 2.21. The fourth-order valence-corrected chi connectivity index (χ4v) is 1.15. The van der Waals surface area contributed by atoms with E-state index in [1.54, 1.807) is 0 Å². The Labute approximate surface area is 84.5 Å². The molecular weight excluding hydrogens is 208 g/mol. The summed E-state index contributed by atoms with van der Waals surface area (Å²) in [7, 11) is 1.32. The first kappa shape index (κ1) is 11.4. The third-order valence-corrected chi connectivity index (χ3v) is 1.85. The van der Waals surface area contributed by atoms with Crippen LogP contribution in [0.25, 0.3) is 0 Å². The standard InChI is InChI=1S/C9H9F2NO3/c1-4-6(15-2)3-5(9(13)14)7(12-4)8(10)11/h3,8H,1-2H3,(H,13,14). The van der Waals surface area contributed by atoms with Crippen molar-refractivity contribution in [2.24, 2.45) is 0 Å². The van der Waals surface area contributed by atoms with Gasteiger partial charge in [-0.05, 0) is 13.0 Å². The van der Waals surface area contributed by atoms with Crippen LogP contribution in [0, 0.1) is 6.92 Å². The Morgan fingerprint density at radius 1 is 1.60 bits per heavy atom. The molecule has 1 heterocycles. The van der Waals surface area contributed by atoms with Crippen molar-refractivity contribution in [3.8, 4) is 5.75 Å². The largest absolute Gasteiger partial charge is 0.495 e. The zero-order chi connectivity index (χ0) is 11.6. The van der Waals surface area contributed by atoms with Crippen molar-refractivity contribution >= 4 is 5.97 Å². The summed E-state index contributed by atoms with van der Waals surface area (Å²) in [6, 6.07) is 1.05. The lowest BCUT2D eigenvalue weighted by molar-refractivity contribution is 0.0681. The number of hydrogen-bond acceptors (Lipinski definition) is 3. The third-order valence-electron chi connectivity index (χ3n) is 1.85. The molecule has 0 unspecified atom stereocenters. The van der Waals surface area contributed by atoms with Gasteiger partial charge in [0, 0.05) is 0 Å². The average Bonchev–Trinajstić information content (AvgIpc) is 2.16. The number of pyridine rings is 1. The summed E-state index contributed by atoms with van der Waals surface area (Å²) in [5.74, 6) is -1.27. The van der Waals surface area contributed by atoms with Crippen molar-refractivity contribution in [1.29, 1.82) is 0 Å². The third kappa shape index (κ3) is 2.20. The number of aryl methyl sites for hydroxylation is 1. The van der Waals surface area contributed by atoms with E-state index in [0.717, 1.165) is 6.07 Å². The Hall–Kier alpha value is -1.72.